The average molecular weight is 332 g/mol. The molecule has 2 rings (SSSR count). The van der Waals surface area contributed by atoms with E-state index < -0.39 is 5.92 Å². The third kappa shape index (κ3) is 5.42. The lowest BCUT2D eigenvalue weighted by Crippen LogP contribution is -2.18. The maximum Gasteiger partial charge on any atom is 0.270 e. The van der Waals surface area contributed by atoms with E-state index in [1.54, 1.807) is 12.1 Å². The molecule has 128 valence electrons. The van der Waals surface area contributed by atoms with Crippen LogP contribution in [0.2, 0.25) is 0 Å². The summed E-state index contributed by atoms with van der Waals surface area (Å²) in [6.45, 7) is 2.46. The molecule has 0 fully saturated rings. The van der Waals surface area contributed by atoms with Crippen LogP contribution >= 0.6 is 0 Å². The van der Waals surface area contributed by atoms with Crippen molar-refractivity contribution >= 4 is 6.21 Å². The van der Waals surface area contributed by atoms with Crippen LogP contribution in [0.3, 0.4) is 0 Å². The number of alkyl halides is 2. The van der Waals surface area contributed by atoms with E-state index in [9.17, 15) is 8.78 Å². The van der Waals surface area contributed by atoms with Crippen LogP contribution < -0.4 is 10.1 Å². The number of rotatable bonds is 9. The van der Waals surface area contributed by atoms with Gasteiger partial charge in [0.05, 0.1) is 0 Å². The first kappa shape index (κ1) is 18.1. The van der Waals surface area contributed by atoms with E-state index in [1.165, 1.54) is 12.3 Å². The number of hydrogen-bond donors (Lipinski definition) is 2. The van der Waals surface area contributed by atoms with Crippen LogP contribution in [0.5, 0.6) is 5.75 Å². The summed E-state index contributed by atoms with van der Waals surface area (Å²) in [6.07, 6.45) is 1.88. The van der Waals surface area contributed by atoms with Crippen molar-refractivity contribution in [3.8, 4) is 5.75 Å². The van der Waals surface area contributed by atoms with Gasteiger partial charge in [-0.15, -0.1) is 0 Å². The van der Waals surface area contributed by atoms with Gasteiger partial charge in [0.15, 0.2) is 0 Å². The summed E-state index contributed by atoms with van der Waals surface area (Å²) in [4.78, 5) is 0. The van der Waals surface area contributed by atoms with Gasteiger partial charge in [0.1, 0.15) is 12.4 Å². The fourth-order valence-corrected chi connectivity index (χ4v) is 2.38. The lowest BCUT2D eigenvalue weighted by Gasteiger charge is -2.13. The number of para-hydroxylation sites is 1. The molecule has 24 heavy (non-hydrogen) atoms. The van der Waals surface area contributed by atoms with Gasteiger partial charge in [-0.2, -0.15) is 0 Å². The van der Waals surface area contributed by atoms with Gasteiger partial charge in [0, 0.05) is 30.8 Å². The zero-order chi connectivity index (χ0) is 17.4. The van der Waals surface area contributed by atoms with Gasteiger partial charge < -0.3 is 15.5 Å². The van der Waals surface area contributed by atoms with Gasteiger partial charge in [-0.3, -0.25) is 0 Å². The average Bonchev–Trinajstić information content (AvgIpc) is 2.57. The summed E-state index contributed by atoms with van der Waals surface area (Å²) in [5.74, 6) is -2.06. The normalized spacial score (nSPS) is 11.3. The fourth-order valence-electron chi connectivity index (χ4n) is 2.38. The molecule has 0 heterocycles. The Balaban J connectivity index is 1.86. The Hall–Kier alpha value is -2.27. The molecule has 0 aliphatic rings. The van der Waals surface area contributed by atoms with Gasteiger partial charge in [0.2, 0.25) is 0 Å². The third-order valence-electron chi connectivity index (χ3n) is 3.63. The summed E-state index contributed by atoms with van der Waals surface area (Å²) in [5.41, 5.74) is 1.94. The number of nitrogens with one attached hydrogen (secondary N) is 2. The highest BCUT2D eigenvalue weighted by molar-refractivity contribution is 5.55. The molecule has 0 unspecified atom stereocenters. The number of halogens is 2. The van der Waals surface area contributed by atoms with E-state index in [0.29, 0.717) is 19.5 Å². The molecule has 2 aromatic rings. The van der Waals surface area contributed by atoms with Crippen molar-refractivity contribution in [3.63, 3.8) is 0 Å². The highest BCUT2D eigenvalue weighted by atomic mass is 19.3. The minimum atomic E-state index is -2.81. The van der Waals surface area contributed by atoms with Crippen molar-refractivity contribution in [3.05, 3.63) is 65.2 Å². The van der Waals surface area contributed by atoms with Gasteiger partial charge in [0.25, 0.3) is 5.92 Å². The summed E-state index contributed by atoms with van der Waals surface area (Å²) >= 11 is 0. The SMILES string of the molecule is CC(F)(F)c1cccc(CCNCc2ccccc2OCC=N)c1. The Morgan fingerprint density at radius 3 is 2.71 bits per heavy atom. The van der Waals surface area contributed by atoms with Crippen LogP contribution in [-0.4, -0.2) is 19.4 Å². The van der Waals surface area contributed by atoms with Crippen molar-refractivity contribution in [1.29, 1.82) is 5.41 Å². The standard InChI is InChI=1S/C19H22F2N2O/c1-19(20,21)17-7-4-5-15(13-17)9-11-23-14-16-6-2-3-8-18(16)24-12-10-22/h2-8,10,13,22-23H,9,11-12,14H2,1H3. The maximum atomic E-state index is 13.3. The molecule has 0 amide bonds. The van der Waals surface area contributed by atoms with E-state index in [1.807, 2.05) is 30.3 Å². The molecule has 2 N–H and O–H groups in total. The van der Waals surface area contributed by atoms with E-state index in [-0.39, 0.29) is 12.2 Å². The zero-order valence-corrected chi connectivity index (χ0v) is 13.7. The minimum absolute atomic E-state index is 0.0467. The Morgan fingerprint density at radius 2 is 1.96 bits per heavy atom. The number of benzene rings is 2. The monoisotopic (exact) mass is 332 g/mol. The van der Waals surface area contributed by atoms with E-state index in [2.05, 4.69) is 5.32 Å². The van der Waals surface area contributed by atoms with Crippen molar-refractivity contribution < 1.29 is 13.5 Å². The first-order valence-electron chi connectivity index (χ1n) is 7.88. The summed E-state index contributed by atoms with van der Waals surface area (Å²) < 4.78 is 32.2. The Morgan fingerprint density at radius 1 is 1.17 bits per heavy atom. The summed E-state index contributed by atoms with van der Waals surface area (Å²) in [6, 6.07) is 14.2. The minimum Gasteiger partial charge on any atom is -0.488 e. The highest BCUT2D eigenvalue weighted by Gasteiger charge is 2.23. The van der Waals surface area contributed by atoms with Crippen LogP contribution in [0.4, 0.5) is 8.78 Å². The molecule has 0 spiro atoms. The van der Waals surface area contributed by atoms with E-state index in [0.717, 1.165) is 23.8 Å². The van der Waals surface area contributed by atoms with Gasteiger partial charge in [-0.05, 0) is 30.7 Å². The zero-order valence-electron chi connectivity index (χ0n) is 13.7. The molecule has 2 aromatic carbocycles. The summed E-state index contributed by atoms with van der Waals surface area (Å²) in [7, 11) is 0. The molecule has 0 bridgehead atoms. The highest BCUT2D eigenvalue weighted by Crippen LogP contribution is 2.27. The predicted molar refractivity (Wildman–Crippen MR) is 92.1 cm³/mol. The van der Waals surface area contributed by atoms with Gasteiger partial charge >= 0.3 is 0 Å². The lowest BCUT2D eigenvalue weighted by molar-refractivity contribution is 0.0174. The van der Waals surface area contributed by atoms with Crippen molar-refractivity contribution in [2.45, 2.75) is 25.8 Å². The van der Waals surface area contributed by atoms with Gasteiger partial charge in [-0.25, -0.2) is 8.78 Å². The topological polar surface area (TPSA) is 45.1 Å². The maximum absolute atomic E-state index is 13.3. The van der Waals surface area contributed by atoms with Crippen molar-refractivity contribution in [1.82, 2.24) is 5.32 Å². The first-order chi connectivity index (χ1) is 11.5. The lowest BCUT2D eigenvalue weighted by atomic mass is 10.0. The quantitative estimate of drug-likeness (QED) is 0.535. The number of ether oxygens (including phenoxy) is 1. The Bertz CT molecular complexity index is 668. The molecule has 0 saturated carbocycles. The smallest absolute Gasteiger partial charge is 0.270 e. The fraction of sp³-hybridized carbons (Fsp3) is 0.316. The van der Waals surface area contributed by atoms with Crippen molar-refractivity contribution in [2.75, 3.05) is 13.2 Å². The molecule has 5 heteroatoms. The third-order valence-corrected chi connectivity index (χ3v) is 3.63. The van der Waals surface area contributed by atoms with Crippen LogP contribution in [0.1, 0.15) is 23.6 Å². The second kappa shape index (κ2) is 8.55. The van der Waals surface area contributed by atoms with Crippen LogP contribution in [0, 0.1) is 5.41 Å². The van der Waals surface area contributed by atoms with E-state index in [4.69, 9.17) is 10.1 Å². The Kier molecular flexibility index (Phi) is 6.44. The molecular formula is C19H22F2N2O. The Labute approximate surface area is 141 Å². The molecule has 0 radical (unpaired) electrons. The number of hydrogen-bond acceptors (Lipinski definition) is 3. The predicted octanol–water partition coefficient (Wildman–Crippen LogP) is 4.16. The molecular weight excluding hydrogens is 310 g/mol. The largest absolute Gasteiger partial charge is 0.488 e. The van der Waals surface area contributed by atoms with E-state index >= 15 is 0 Å². The molecule has 0 aliphatic heterocycles. The molecule has 0 atom stereocenters. The molecule has 0 saturated heterocycles. The second-order valence-corrected chi connectivity index (χ2v) is 5.64. The van der Waals surface area contributed by atoms with Crippen LogP contribution in [0.15, 0.2) is 48.5 Å². The van der Waals surface area contributed by atoms with Crippen LogP contribution in [-0.2, 0) is 18.9 Å². The first-order valence-corrected chi connectivity index (χ1v) is 7.88. The van der Waals surface area contributed by atoms with Gasteiger partial charge in [-0.1, -0.05) is 36.4 Å². The molecule has 0 aliphatic carbocycles. The van der Waals surface area contributed by atoms with Crippen LogP contribution in [0.25, 0.3) is 0 Å². The summed E-state index contributed by atoms with van der Waals surface area (Å²) in [5, 5.41) is 10.3. The second-order valence-electron chi connectivity index (χ2n) is 5.64. The van der Waals surface area contributed by atoms with Crippen molar-refractivity contribution in [2.24, 2.45) is 0 Å². The molecule has 3 nitrogen and oxygen atoms in total. The molecule has 0 aromatic heterocycles.